The molecule has 0 aromatic heterocycles. The van der Waals surface area contributed by atoms with Crippen molar-refractivity contribution >= 4 is 15.7 Å². The van der Waals surface area contributed by atoms with Gasteiger partial charge < -0.3 is 9.64 Å². The molecular weight excluding hydrogens is 360 g/mol. The highest BCUT2D eigenvalue weighted by atomic mass is 32.2. The van der Waals surface area contributed by atoms with Crippen LogP contribution < -0.4 is 9.62 Å². The molecule has 3 rings (SSSR count). The van der Waals surface area contributed by atoms with Crippen molar-refractivity contribution in [3.8, 4) is 0 Å². The van der Waals surface area contributed by atoms with Crippen LogP contribution in [0.1, 0.15) is 22.3 Å². The fraction of sp³-hybridized carbons (Fsp3) is 0.429. The Hall–Kier alpha value is -1.89. The standard InChI is InChI=1S/C21H28N2O3S/c1-17-3-4-18(2)20(15-17)16-27(24,25)22-10-9-19-5-7-21(8-6-19)23-11-13-26-14-12-23/h3-8,15,22H,9-14,16H2,1-2H3. The van der Waals surface area contributed by atoms with E-state index >= 15 is 0 Å². The molecule has 6 heteroatoms. The second-order valence-electron chi connectivity index (χ2n) is 7.10. The van der Waals surface area contributed by atoms with Crippen LogP contribution >= 0.6 is 0 Å². The van der Waals surface area contributed by atoms with Gasteiger partial charge in [0.05, 0.1) is 19.0 Å². The molecule has 2 aromatic rings. The number of hydrogen-bond donors (Lipinski definition) is 1. The summed E-state index contributed by atoms with van der Waals surface area (Å²) in [6.45, 7) is 7.69. The van der Waals surface area contributed by atoms with Gasteiger partial charge in [0, 0.05) is 25.3 Å². The van der Waals surface area contributed by atoms with Gasteiger partial charge in [0.25, 0.3) is 0 Å². The van der Waals surface area contributed by atoms with Gasteiger partial charge in [0.1, 0.15) is 0 Å². The Labute approximate surface area is 162 Å². The smallest absolute Gasteiger partial charge is 0.215 e. The van der Waals surface area contributed by atoms with Gasteiger partial charge >= 0.3 is 0 Å². The number of sulfonamides is 1. The van der Waals surface area contributed by atoms with Crippen LogP contribution in [-0.4, -0.2) is 41.3 Å². The Kier molecular flexibility index (Phi) is 6.52. The lowest BCUT2D eigenvalue weighted by Gasteiger charge is -2.28. The summed E-state index contributed by atoms with van der Waals surface area (Å²) in [6.07, 6.45) is 0.676. The van der Waals surface area contributed by atoms with Crippen molar-refractivity contribution in [3.63, 3.8) is 0 Å². The number of anilines is 1. The molecule has 0 atom stereocenters. The predicted molar refractivity (Wildman–Crippen MR) is 110 cm³/mol. The van der Waals surface area contributed by atoms with Crippen molar-refractivity contribution in [1.29, 1.82) is 0 Å². The Morgan fingerprint density at radius 2 is 1.74 bits per heavy atom. The molecule has 0 radical (unpaired) electrons. The number of nitrogens with zero attached hydrogens (tertiary/aromatic N) is 1. The summed E-state index contributed by atoms with van der Waals surface area (Å²) in [7, 11) is -3.34. The van der Waals surface area contributed by atoms with Gasteiger partial charge in [-0.15, -0.1) is 0 Å². The average Bonchev–Trinajstić information content (AvgIpc) is 2.66. The van der Waals surface area contributed by atoms with Gasteiger partial charge in [0.15, 0.2) is 0 Å². The van der Waals surface area contributed by atoms with Gasteiger partial charge in [-0.2, -0.15) is 0 Å². The molecule has 1 aliphatic heterocycles. The summed E-state index contributed by atoms with van der Waals surface area (Å²) < 4.78 is 32.9. The lowest BCUT2D eigenvalue weighted by molar-refractivity contribution is 0.122. The number of hydrogen-bond acceptors (Lipinski definition) is 4. The summed E-state index contributed by atoms with van der Waals surface area (Å²) in [4.78, 5) is 2.31. The number of aryl methyl sites for hydroxylation is 2. The van der Waals surface area contributed by atoms with Crippen molar-refractivity contribution in [2.45, 2.75) is 26.0 Å². The van der Waals surface area contributed by atoms with Crippen molar-refractivity contribution in [1.82, 2.24) is 4.72 Å². The van der Waals surface area contributed by atoms with Crippen molar-refractivity contribution < 1.29 is 13.2 Å². The monoisotopic (exact) mass is 388 g/mol. The first-order valence-electron chi connectivity index (χ1n) is 9.38. The van der Waals surface area contributed by atoms with Crippen LogP contribution in [0.15, 0.2) is 42.5 Å². The van der Waals surface area contributed by atoms with Crippen LogP contribution in [0.2, 0.25) is 0 Å². The van der Waals surface area contributed by atoms with Gasteiger partial charge in [-0.1, -0.05) is 35.9 Å². The third kappa shape index (κ3) is 5.79. The first-order chi connectivity index (χ1) is 12.9. The highest BCUT2D eigenvalue weighted by Crippen LogP contribution is 2.17. The SMILES string of the molecule is Cc1ccc(C)c(CS(=O)(=O)NCCc2ccc(N3CCOCC3)cc2)c1. The second-order valence-corrected chi connectivity index (χ2v) is 8.91. The Balaban J connectivity index is 1.51. The van der Waals surface area contributed by atoms with Crippen molar-refractivity contribution in [3.05, 3.63) is 64.7 Å². The molecule has 1 N–H and O–H groups in total. The molecule has 1 saturated heterocycles. The Morgan fingerprint density at radius 3 is 2.44 bits per heavy atom. The van der Waals surface area contributed by atoms with Gasteiger partial charge in [-0.05, 0) is 49.1 Å². The van der Waals surface area contributed by atoms with Gasteiger partial charge in [-0.25, -0.2) is 13.1 Å². The highest BCUT2D eigenvalue weighted by molar-refractivity contribution is 7.88. The molecule has 0 spiro atoms. The molecule has 0 bridgehead atoms. The van der Waals surface area contributed by atoms with Crippen LogP contribution in [0.3, 0.4) is 0 Å². The Morgan fingerprint density at radius 1 is 1.04 bits per heavy atom. The number of nitrogens with one attached hydrogen (secondary N) is 1. The quantitative estimate of drug-likeness (QED) is 0.792. The van der Waals surface area contributed by atoms with E-state index in [2.05, 4.69) is 33.9 Å². The average molecular weight is 389 g/mol. The largest absolute Gasteiger partial charge is 0.378 e. The van der Waals surface area contributed by atoms with E-state index in [0.717, 1.165) is 48.6 Å². The maximum atomic E-state index is 12.4. The minimum atomic E-state index is -3.34. The fourth-order valence-electron chi connectivity index (χ4n) is 3.26. The summed E-state index contributed by atoms with van der Waals surface area (Å²) >= 11 is 0. The maximum Gasteiger partial charge on any atom is 0.215 e. The topological polar surface area (TPSA) is 58.6 Å². The third-order valence-corrected chi connectivity index (χ3v) is 6.23. The van der Waals surface area contributed by atoms with E-state index < -0.39 is 10.0 Å². The summed E-state index contributed by atoms with van der Waals surface area (Å²) in [5, 5.41) is 0. The summed E-state index contributed by atoms with van der Waals surface area (Å²) in [6, 6.07) is 14.3. The molecule has 2 aromatic carbocycles. The third-order valence-electron chi connectivity index (χ3n) is 4.90. The zero-order chi connectivity index (χ0) is 19.3. The van der Waals surface area contributed by atoms with Gasteiger partial charge in [0.2, 0.25) is 10.0 Å². The van der Waals surface area contributed by atoms with E-state index in [-0.39, 0.29) is 5.75 Å². The maximum absolute atomic E-state index is 12.4. The molecule has 146 valence electrons. The second kappa shape index (κ2) is 8.87. The van der Waals surface area contributed by atoms with E-state index in [0.29, 0.717) is 13.0 Å². The van der Waals surface area contributed by atoms with E-state index in [1.54, 1.807) is 0 Å². The molecule has 0 saturated carbocycles. The van der Waals surface area contributed by atoms with E-state index in [4.69, 9.17) is 4.74 Å². The summed E-state index contributed by atoms with van der Waals surface area (Å²) in [5.41, 5.74) is 5.26. The molecule has 1 aliphatic rings. The zero-order valence-electron chi connectivity index (χ0n) is 16.1. The number of ether oxygens (including phenoxy) is 1. The number of benzene rings is 2. The molecule has 1 fully saturated rings. The minimum Gasteiger partial charge on any atom is -0.378 e. The van der Waals surface area contributed by atoms with Crippen LogP contribution in [0, 0.1) is 13.8 Å². The zero-order valence-corrected chi connectivity index (χ0v) is 16.9. The number of morpholine rings is 1. The van der Waals surface area contributed by atoms with E-state index in [1.165, 1.54) is 5.69 Å². The lowest BCUT2D eigenvalue weighted by Crippen LogP contribution is -2.36. The first-order valence-corrected chi connectivity index (χ1v) is 11.0. The predicted octanol–water partition coefficient (Wildman–Crippen LogP) is 2.80. The lowest BCUT2D eigenvalue weighted by atomic mass is 10.1. The first kappa shape index (κ1) is 19.9. The van der Waals surface area contributed by atoms with Crippen LogP contribution in [0.25, 0.3) is 0 Å². The molecule has 1 heterocycles. The molecular formula is C21H28N2O3S. The molecule has 5 nitrogen and oxygen atoms in total. The van der Waals surface area contributed by atoms with Crippen LogP contribution in [-0.2, 0) is 26.9 Å². The van der Waals surface area contributed by atoms with Crippen molar-refractivity contribution in [2.24, 2.45) is 0 Å². The van der Waals surface area contributed by atoms with Crippen LogP contribution in [0.4, 0.5) is 5.69 Å². The summed E-state index contributed by atoms with van der Waals surface area (Å²) in [5.74, 6) is 0.0243. The van der Waals surface area contributed by atoms with Gasteiger partial charge in [-0.3, -0.25) is 0 Å². The van der Waals surface area contributed by atoms with E-state index in [9.17, 15) is 8.42 Å². The van der Waals surface area contributed by atoms with Crippen LogP contribution in [0.5, 0.6) is 0 Å². The molecule has 27 heavy (non-hydrogen) atoms. The minimum absolute atomic E-state index is 0.0243. The number of rotatable bonds is 7. The van der Waals surface area contributed by atoms with E-state index in [1.807, 2.05) is 32.0 Å². The Bertz CT molecular complexity index is 857. The molecule has 0 aliphatic carbocycles. The molecule has 0 amide bonds. The normalized spacial score (nSPS) is 15.1. The molecule has 0 unspecified atom stereocenters. The fourth-order valence-corrected chi connectivity index (χ4v) is 4.49. The van der Waals surface area contributed by atoms with Crippen molar-refractivity contribution in [2.75, 3.05) is 37.7 Å². The highest BCUT2D eigenvalue weighted by Gasteiger charge is 2.14.